The van der Waals surface area contributed by atoms with Crippen molar-refractivity contribution in [3.05, 3.63) is 75.8 Å². The number of morpholine rings is 1. The molecule has 0 saturated carbocycles. The maximum atomic E-state index is 12.4. The molecule has 0 N–H and O–H groups in total. The minimum Gasteiger partial charge on any atom is -0.370 e. The fourth-order valence-corrected chi connectivity index (χ4v) is 3.19. The van der Waals surface area contributed by atoms with Crippen molar-refractivity contribution in [2.24, 2.45) is 0 Å². The van der Waals surface area contributed by atoms with Crippen LogP contribution in [0, 0.1) is 0 Å². The lowest BCUT2D eigenvalue weighted by Crippen LogP contribution is -2.41. The lowest BCUT2D eigenvalue weighted by Gasteiger charge is -2.32. The van der Waals surface area contributed by atoms with Crippen LogP contribution in [0.15, 0.2) is 54.6 Å². The summed E-state index contributed by atoms with van der Waals surface area (Å²) in [6.07, 6.45) is 3.20. The molecule has 1 saturated heterocycles. The first-order valence-corrected chi connectivity index (χ1v) is 8.47. The van der Waals surface area contributed by atoms with Gasteiger partial charge in [0.25, 0.3) is 0 Å². The molecule has 0 spiro atoms. The van der Waals surface area contributed by atoms with Crippen LogP contribution in [0.2, 0.25) is 10.0 Å². The first-order chi connectivity index (χ1) is 11.6. The van der Waals surface area contributed by atoms with Gasteiger partial charge in [0.1, 0.15) is 6.10 Å². The first-order valence-electron chi connectivity index (χ1n) is 7.71. The van der Waals surface area contributed by atoms with Gasteiger partial charge in [-0.25, -0.2) is 0 Å². The van der Waals surface area contributed by atoms with Gasteiger partial charge in [0.15, 0.2) is 0 Å². The van der Waals surface area contributed by atoms with Crippen molar-refractivity contribution in [3.8, 4) is 0 Å². The molecule has 1 amide bonds. The number of nitrogens with zero attached hydrogens (tertiary/aromatic N) is 1. The van der Waals surface area contributed by atoms with Crippen molar-refractivity contribution in [2.45, 2.75) is 6.10 Å². The summed E-state index contributed by atoms with van der Waals surface area (Å²) in [7, 11) is 0. The van der Waals surface area contributed by atoms with E-state index in [-0.39, 0.29) is 12.0 Å². The molecule has 2 aromatic rings. The highest BCUT2D eigenvalue weighted by Crippen LogP contribution is 2.28. The van der Waals surface area contributed by atoms with Gasteiger partial charge in [0.2, 0.25) is 5.91 Å². The second kappa shape index (κ2) is 7.84. The number of hydrogen-bond donors (Lipinski definition) is 0. The lowest BCUT2D eigenvalue weighted by atomic mass is 10.1. The topological polar surface area (TPSA) is 29.5 Å². The fraction of sp³-hybridized carbons (Fsp3) is 0.211. The number of hydrogen-bond acceptors (Lipinski definition) is 2. The van der Waals surface area contributed by atoms with Crippen LogP contribution in [0.3, 0.4) is 0 Å². The molecule has 0 bridgehead atoms. The SMILES string of the molecule is O=C(/C=C/c1ccccc1)N1CCOC(c2cc(Cl)cc(Cl)c2)C1. The van der Waals surface area contributed by atoms with Gasteiger partial charge in [-0.2, -0.15) is 0 Å². The van der Waals surface area contributed by atoms with E-state index in [0.717, 1.165) is 11.1 Å². The number of carbonyl (C=O) groups excluding carboxylic acids is 1. The predicted molar refractivity (Wildman–Crippen MR) is 97.2 cm³/mol. The molecular formula is C19H17Cl2NO2. The molecule has 0 aliphatic carbocycles. The monoisotopic (exact) mass is 361 g/mol. The second-order valence-corrected chi connectivity index (χ2v) is 6.46. The van der Waals surface area contributed by atoms with E-state index < -0.39 is 0 Å². The zero-order valence-corrected chi connectivity index (χ0v) is 14.5. The van der Waals surface area contributed by atoms with Crippen molar-refractivity contribution >= 4 is 35.2 Å². The van der Waals surface area contributed by atoms with Crippen LogP contribution in [0.1, 0.15) is 17.2 Å². The molecule has 0 aromatic heterocycles. The summed E-state index contributed by atoms with van der Waals surface area (Å²) in [6, 6.07) is 15.1. The Labute approximate surface area is 151 Å². The van der Waals surface area contributed by atoms with Crippen molar-refractivity contribution in [1.29, 1.82) is 0 Å². The van der Waals surface area contributed by atoms with Crippen LogP contribution >= 0.6 is 23.2 Å². The van der Waals surface area contributed by atoms with Crippen LogP contribution in [-0.4, -0.2) is 30.5 Å². The molecular weight excluding hydrogens is 345 g/mol. The average Bonchev–Trinajstić information content (AvgIpc) is 2.60. The molecule has 0 radical (unpaired) electrons. The van der Waals surface area contributed by atoms with E-state index in [0.29, 0.717) is 29.7 Å². The van der Waals surface area contributed by atoms with Crippen molar-refractivity contribution in [1.82, 2.24) is 4.90 Å². The van der Waals surface area contributed by atoms with Gasteiger partial charge in [-0.1, -0.05) is 53.5 Å². The van der Waals surface area contributed by atoms with Crippen molar-refractivity contribution in [2.75, 3.05) is 19.7 Å². The Hall–Kier alpha value is -1.81. The van der Waals surface area contributed by atoms with Gasteiger partial charge in [0.05, 0.1) is 13.2 Å². The maximum absolute atomic E-state index is 12.4. The quantitative estimate of drug-likeness (QED) is 0.747. The molecule has 1 aliphatic rings. The van der Waals surface area contributed by atoms with E-state index in [1.807, 2.05) is 48.5 Å². The molecule has 3 nitrogen and oxygen atoms in total. The maximum Gasteiger partial charge on any atom is 0.246 e. The molecule has 1 aliphatic heterocycles. The molecule has 1 fully saturated rings. The Morgan fingerprint density at radius 3 is 2.54 bits per heavy atom. The summed E-state index contributed by atoms with van der Waals surface area (Å²) in [5.41, 5.74) is 1.88. The number of halogens is 2. The summed E-state index contributed by atoms with van der Waals surface area (Å²) in [5, 5.41) is 1.13. The number of carbonyl (C=O) groups is 1. The van der Waals surface area contributed by atoms with Gasteiger partial charge in [-0.05, 0) is 35.4 Å². The molecule has 1 unspecified atom stereocenters. The van der Waals surface area contributed by atoms with E-state index in [1.165, 1.54) is 0 Å². The number of rotatable bonds is 3. The largest absolute Gasteiger partial charge is 0.370 e. The van der Waals surface area contributed by atoms with Crippen LogP contribution in [0.25, 0.3) is 6.08 Å². The summed E-state index contributed by atoms with van der Waals surface area (Å²) in [6.45, 7) is 1.54. The summed E-state index contributed by atoms with van der Waals surface area (Å²) in [5.74, 6) is -0.0275. The van der Waals surface area contributed by atoms with Crippen LogP contribution < -0.4 is 0 Å². The summed E-state index contributed by atoms with van der Waals surface area (Å²) >= 11 is 12.1. The van der Waals surface area contributed by atoms with E-state index >= 15 is 0 Å². The van der Waals surface area contributed by atoms with Crippen molar-refractivity contribution < 1.29 is 9.53 Å². The number of benzene rings is 2. The van der Waals surface area contributed by atoms with Gasteiger partial charge in [0, 0.05) is 22.7 Å². The minimum atomic E-state index is -0.218. The number of amides is 1. The van der Waals surface area contributed by atoms with Gasteiger partial charge >= 0.3 is 0 Å². The lowest BCUT2D eigenvalue weighted by molar-refractivity contribution is -0.133. The second-order valence-electron chi connectivity index (χ2n) is 5.59. The van der Waals surface area contributed by atoms with Crippen LogP contribution in [0.4, 0.5) is 0 Å². The molecule has 24 heavy (non-hydrogen) atoms. The molecule has 3 rings (SSSR count). The molecule has 5 heteroatoms. The first kappa shape index (κ1) is 17.0. The summed E-state index contributed by atoms with van der Waals surface area (Å²) < 4.78 is 5.78. The van der Waals surface area contributed by atoms with E-state index in [9.17, 15) is 4.79 Å². The minimum absolute atomic E-state index is 0.0275. The van der Waals surface area contributed by atoms with Crippen LogP contribution in [0.5, 0.6) is 0 Å². The zero-order valence-electron chi connectivity index (χ0n) is 13.0. The molecule has 1 heterocycles. The van der Waals surface area contributed by atoms with Crippen LogP contribution in [-0.2, 0) is 9.53 Å². The standard InChI is InChI=1S/C19H17Cl2NO2/c20-16-10-15(11-17(21)12-16)18-13-22(8-9-24-18)19(23)7-6-14-4-2-1-3-5-14/h1-7,10-12,18H,8-9,13H2/b7-6+. The van der Waals surface area contributed by atoms with Gasteiger partial charge in [-0.3, -0.25) is 4.79 Å². The van der Waals surface area contributed by atoms with Gasteiger partial charge in [-0.15, -0.1) is 0 Å². The Balaban J connectivity index is 1.68. The average molecular weight is 362 g/mol. The Bertz CT molecular complexity index is 726. The van der Waals surface area contributed by atoms with Crippen molar-refractivity contribution in [3.63, 3.8) is 0 Å². The molecule has 124 valence electrons. The fourth-order valence-electron chi connectivity index (χ4n) is 2.65. The normalized spacial score (nSPS) is 18.1. The highest BCUT2D eigenvalue weighted by molar-refractivity contribution is 6.34. The third kappa shape index (κ3) is 4.38. The Morgan fingerprint density at radius 1 is 1.12 bits per heavy atom. The highest BCUT2D eigenvalue weighted by atomic mass is 35.5. The highest BCUT2D eigenvalue weighted by Gasteiger charge is 2.24. The predicted octanol–water partition coefficient (Wildman–Crippen LogP) is 4.61. The van der Waals surface area contributed by atoms with Gasteiger partial charge < -0.3 is 9.64 Å². The molecule has 1 atom stereocenters. The third-order valence-corrected chi connectivity index (χ3v) is 4.29. The van der Waals surface area contributed by atoms with E-state index in [2.05, 4.69) is 0 Å². The molecule has 2 aromatic carbocycles. The smallest absolute Gasteiger partial charge is 0.246 e. The van der Waals surface area contributed by atoms with E-state index in [4.69, 9.17) is 27.9 Å². The Kier molecular flexibility index (Phi) is 5.56. The van der Waals surface area contributed by atoms with E-state index in [1.54, 1.807) is 17.0 Å². The zero-order chi connectivity index (χ0) is 16.9. The number of ether oxygens (including phenoxy) is 1. The summed E-state index contributed by atoms with van der Waals surface area (Å²) in [4.78, 5) is 14.2. The Morgan fingerprint density at radius 2 is 1.83 bits per heavy atom. The third-order valence-electron chi connectivity index (χ3n) is 3.85.